The fourth-order valence-electron chi connectivity index (χ4n) is 2.08. The van der Waals surface area contributed by atoms with Crippen LogP contribution in [0.25, 0.3) is 5.52 Å². The van der Waals surface area contributed by atoms with Crippen molar-refractivity contribution in [3.8, 4) is 5.75 Å². The Labute approximate surface area is 125 Å². The van der Waals surface area contributed by atoms with E-state index in [-0.39, 0.29) is 0 Å². The summed E-state index contributed by atoms with van der Waals surface area (Å²) in [5.74, 6) is 1.64. The molecule has 0 fully saturated rings. The van der Waals surface area contributed by atoms with Gasteiger partial charge in [0.1, 0.15) is 17.0 Å². The molecule has 20 heavy (non-hydrogen) atoms. The van der Waals surface area contributed by atoms with E-state index in [4.69, 9.17) is 10.5 Å². The summed E-state index contributed by atoms with van der Waals surface area (Å²) in [5, 5.41) is 0. The summed E-state index contributed by atoms with van der Waals surface area (Å²) in [4.78, 5) is 4.47. The largest absolute Gasteiger partial charge is 0.486 e. The maximum Gasteiger partial charge on any atom is 0.152 e. The number of anilines is 1. The number of ether oxygens (including phenoxy) is 1. The zero-order valence-corrected chi connectivity index (χ0v) is 12.6. The van der Waals surface area contributed by atoms with Crippen molar-refractivity contribution in [2.45, 2.75) is 13.5 Å². The maximum atomic E-state index is 5.82. The number of nitrogens with two attached hydrogens (primary N) is 1. The van der Waals surface area contributed by atoms with Gasteiger partial charge in [0.15, 0.2) is 5.82 Å². The van der Waals surface area contributed by atoms with Crippen molar-refractivity contribution in [3.63, 3.8) is 0 Å². The van der Waals surface area contributed by atoms with Crippen molar-refractivity contribution in [1.29, 1.82) is 0 Å². The monoisotopic (exact) mass is 331 g/mol. The summed E-state index contributed by atoms with van der Waals surface area (Å²) >= 11 is 3.45. The highest BCUT2D eigenvalue weighted by molar-refractivity contribution is 9.10. The van der Waals surface area contributed by atoms with E-state index in [1.54, 1.807) is 0 Å². The number of hydrogen-bond acceptors (Lipinski definition) is 3. The van der Waals surface area contributed by atoms with Crippen molar-refractivity contribution in [2.24, 2.45) is 0 Å². The Morgan fingerprint density at radius 1 is 1.30 bits per heavy atom. The van der Waals surface area contributed by atoms with Gasteiger partial charge in [0.2, 0.25) is 0 Å². The molecule has 0 spiro atoms. The number of benzene rings is 1. The topological polar surface area (TPSA) is 52.5 Å². The normalized spacial score (nSPS) is 10.9. The molecule has 2 heterocycles. The number of nitrogen functional groups attached to an aromatic ring is 1. The summed E-state index contributed by atoms with van der Waals surface area (Å²) in [6.07, 6.45) is 1.85. The number of rotatable bonds is 3. The Bertz CT molecular complexity index is 767. The molecule has 2 N–H and O–H groups in total. The fraction of sp³-hybridized carbons (Fsp3) is 0.133. The summed E-state index contributed by atoms with van der Waals surface area (Å²) in [5.41, 5.74) is 8.66. The van der Waals surface area contributed by atoms with Gasteiger partial charge < -0.3 is 10.5 Å². The van der Waals surface area contributed by atoms with Crippen LogP contribution in [-0.4, -0.2) is 9.38 Å². The molecule has 3 rings (SSSR count). The molecule has 102 valence electrons. The lowest BCUT2D eigenvalue weighted by Gasteiger charge is -2.06. The standard InChI is InChI=1S/C15H14BrN3O/c1-10-3-2-4-12(7-10)20-9-14-18-15(16)13-6-5-11(17)8-19(13)14/h2-8H,9,17H2,1H3. The molecule has 0 saturated heterocycles. The van der Waals surface area contributed by atoms with Gasteiger partial charge in [-0.15, -0.1) is 0 Å². The fourth-order valence-corrected chi connectivity index (χ4v) is 2.61. The van der Waals surface area contributed by atoms with Gasteiger partial charge in [-0.05, 0) is 52.7 Å². The number of pyridine rings is 1. The van der Waals surface area contributed by atoms with Crippen LogP contribution in [0.3, 0.4) is 0 Å². The molecule has 5 heteroatoms. The van der Waals surface area contributed by atoms with Crippen LogP contribution in [0.15, 0.2) is 47.2 Å². The molecule has 0 saturated carbocycles. The minimum Gasteiger partial charge on any atom is -0.486 e. The van der Waals surface area contributed by atoms with E-state index < -0.39 is 0 Å². The van der Waals surface area contributed by atoms with Crippen LogP contribution in [0.4, 0.5) is 5.69 Å². The molecular weight excluding hydrogens is 318 g/mol. The first-order valence-corrected chi connectivity index (χ1v) is 7.04. The van der Waals surface area contributed by atoms with Crippen molar-refractivity contribution < 1.29 is 4.74 Å². The molecule has 0 bridgehead atoms. The maximum absolute atomic E-state index is 5.82. The van der Waals surface area contributed by atoms with Crippen molar-refractivity contribution in [3.05, 3.63) is 58.6 Å². The Hall–Kier alpha value is -2.01. The highest BCUT2D eigenvalue weighted by atomic mass is 79.9. The second-order valence-corrected chi connectivity index (χ2v) is 5.39. The SMILES string of the molecule is Cc1cccc(OCc2nc(Br)c3ccc(N)cn23)c1. The molecule has 3 aromatic rings. The molecule has 0 radical (unpaired) electrons. The van der Waals surface area contributed by atoms with Gasteiger partial charge in [0.25, 0.3) is 0 Å². The first kappa shape index (κ1) is 13.0. The highest BCUT2D eigenvalue weighted by Crippen LogP contribution is 2.22. The van der Waals surface area contributed by atoms with Gasteiger partial charge in [-0.2, -0.15) is 0 Å². The first-order valence-electron chi connectivity index (χ1n) is 6.25. The number of imidazole rings is 1. The van der Waals surface area contributed by atoms with Crippen LogP contribution < -0.4 is 10.5 Å². The second-order valence-electron chi connectivity index (χ2n) is 4.64. The quantitative estimate of drug-likeness (QED) is 0.798. The molecule has 0 unspecified atom stereocenters. The molecule has 0 aliphatic carbocycles. The van der Waals surface area contributed by atoms with Gasteiger partial charge in [0.05, 0.1) is 5.52 Å². The number of aromatic nitrogens is 2. The lowest BCUT2D eigenvalue weighted by Crippen LogP contribution is -2.02. The molecule has 0 aliphatic rings. The van der Waals surface area contributed by atoms with Crippen LogP contribution in [0.5, 0.6) is 5.75 Å². The van der Waals surface area contributed by atoms with Crippen LogP contribution in [0.1, 0.15) is 11.4 Å². The van der Waals surface area contributed by atoms with Crippen LogP contribution in [-0.2, 0) is 6.61 Å². The number of hydrogen-bond donors (Lipinski definition) is 1. The number of aryl methyl sites for hydroxylation is 1. The number of nitrogens with zero attached hydrogens (tertiary/aromatic N) is 2. The van der Waals surface area contributed by atoms with E-state index in [1.165, 1.54) is 5.56 Å². The van der Waals surface area contributed by atoms with E-state index in [2.05, 4.69) is 20.9 Å². The third-order valence-electron chi connectivity index (χ3n) is 3.05. The summed E-state index contributed by atoms with van der Waals surface area (Å²) in [7, 11) is 0. The smallest absolute Gasteiger partial charge is 0.152 e. The Morgan fingerprint density at radius 3 is 2.95 bits per heavy atom. The second kappa shape index (κ2) is 5.17. The average Bonchev–Trinajstić information content (AvgIpc) is 2.73. The molecule has 0 atom stereocenters. The minimum atomic E-state index is 0.389. The lowest BCUT2D eigenvalue weighted by molar-refractivity contribution is 0.295. The van der Waals surface area contributed by atoms with Crippen LogP contribution in [0.2, 0.25) is 0 Å². The summed E-state index contributed by atoms with van der Waals surface area (Å²) in [6.45, 7) is 2.43. The predicted octanol–water partition coefficient (Wildman–Crippen LogP) is 3.57. The number of halogens is 1. The van der Waals surface area contributed by atoms with E-state index in [0.717, 1.165) is 21.7 Å². The first-order chi connectivity index (χ1) is 9.63. The van der Waals surface area contributed by atoms with E-state index in [1.807, 2.05) is 53.9 Å². The third kappa shape index (κ3) is 2.49. The molecule has 2 aromatic heterocycles. The van der Waals surface area contributed by atoms with Gasteiger partial charge in [-0.1, -0.05) is 12.1 Å². The lowest BCUT2D eigenvalue weighted by atomic mass is 10.2. The van der Waals surface area contributed by atoms with Gasteiger partial charge >= 0.3 is 0 Å². The highest BCUT2D eigenvalue weighted by Gasteiger charge is 2.09. The Kier molecular flexibility index (Phi) is 3.36. The molecular formula is C15H14BrN3O. The third-order valence-corrected chi connectivity index (χ3v) is 3.63. The molecule has 0 amide bonds. The van der Waals surface area contributed by atoms with Crippen LogP contribution in [0, 0.1) is 6.92 Å². The average molecular weight is 332 g/mol. The summed E-state index contributed by atoms with van der Waals surface area (Å²) in [6, 6.07) is 11.7. The summed E-state index contributed by atoms with van der Waals surface area (Å²) < 4.78 is 8.52. The van der Waals surface area contributed by atoms with E-state index in [0.29, 0.717) is 12.3 Å². The number of fused-ring (bicyclic) bond motifs is 1. The molecule has 0 aliphatic heterocycles. The minimum absolute atomic E-state index is 0.389. The molecule has 4 nitrogen and oxygen atoms in total. The Balaban J connectivity index is 1.89. The van der Waals surface area contributed by atoms with Gasteiger partial charge in [0, 0.05) is 11.9 Å². The zero-order chi connectivity index (χ0) is 14.1. The van der Waals surface area contributed by atoms with E-state index >= 15 is 0 Å². The van der Waals surface area contributed by atoms with Gasteiger partial charge in [-0.25, -0.2) is 4.98 Å². The van der Waals surface area contributed by atoms with Crippen molar-refractivity contribution in [2.75, 3.05) is 5.73 Å². The van der Waals surface area contributed by atoms with Crippen molar-refractivity contribution in [1.82, 2.24) is 9.38 Å². The molecule has 1 aromatic carbocycles. The Morgan fingerprint density at radius 2 is 2.15 bits per heavy atom. The predicted molar refractivity (Wildman–Crippen MR) is 82.8 cm³/mol. The van der Waals surface area contributed by atoms with Crippen LogP contribution >= 0.6 is 15.9 Å². The zero-order valence-electron chi connectivity index (χ0n) is 11.0. The van der Waals surface area contributed by atoms with Gasteiger partial charge in [-0.3, -0.25) is 4.40 Å². The van der Waals surface area contributed by atoms with Crippen molar-refractivity contribution >= 4 is 27.1 Å². The van der Waals surface area contributed by atoms with E-state index in [9.17, 15) is 0 Å².